The van der Waals surface area contributed by atoms with E-state index < -0.39 is 0 Å². The van der Waals surface area contributed by atoms with Gasteiger partial charge in [0.1, 0.15) is 5.75 Å². The van der Waals surface area contributed by atoms with Gasteiger partial charge in [0.15, 0.2) is 0 Å². The van der Waals surface area contributed by atoms with Gasteiger partial charge in [-0.05, 0) is 30.7 Å². The van der Waals surface area contributed by atoms with Gasteiger partial charge in [-0.3, -0.25) is 4.90 Å². The van der Waals surface area contributed by atoms with Crippen LogP contribution in [0.2, 0.25) is 0 Å². The summed E-state index contributed by atoms with van der Waals surface area (Å²) in [4.78, 5) is 2.43. The summed E-state index contributed by atoms with van der Waals surface area (Å²) < 4.78 is 10.5. The summed E-state index contributed by atoms with van der Waals surface area (Å²) >= 11 is 0. The van der Waals surface area contributed by atoms with Gasteiger partial charge in [-0.2, -0.15) is 0 Å². The number of morpholine rings is 1. The van der Waals surface area contributed by atoms with Crippen molar-refractivity contribution in [3.63, 3.8) is 0 Å². The largest absolute Gasteiger partial charge is 0.495 e. The van der Waals surface area contributed by atoms with Crippen LogP contribution in [-0.2, 0) is 11.2 Å². The molecule has 1 fully saturated rings. The van der Waals surface area contributed by atoms with Crippen molar-refractivity contribution in [2.45, 2.75) is 6.42 Å². The Kier molecular flexibility index (Phi) is 6.11. The lowest BCUT2D eigenvalue weighted by Gasteiger charge is -2.26. The Bertz CT molecular complexity index is 406. The number of nitrogen functional groups attached to an aromatic ring is 1. The smallest absolute Gasteiger partial charge is 0.141 e. The van der Waals surface area contributed by atoms with Crippen LogP contribution in [0, 0.1) is 0 Å². The summed E-state index contributed by atoms with van der Waals surface area (Å²) in [6.45, 7) is 6.92. The number of nitrogens with zero attached hydrogens (tertiary/aromatic N) is 1. The van der Waals surface area contributed by atoms with E-state index in [9.17, 15) is 0 Å². The minimum Gasteiger partial charge on any atom is -0.495 e. The maximum atomic E-state index is 5.90. The number of benzene rings is 1. The molecule has 0 spiro atoms. The SMILES string of the molecule is COc1ccc(CCNCCN2CCOCC2)cc1N. The average molecular weight is 279 g/mol. The van der Waals surface area contributed by atoms with Crippen molar-refractivity contribution in [2.75, 3.05) is 58.8 Å². The number of methoxy groups -OCH3 is 1. The van der Waals surface area contributed by atoms with Gasteiger partial charge in [-0.25, -0.2) is 0 Å². The summed E-state index contributed by atoms with van der Waals surface area (Å²) in [5, 5.41) is 3.47. The van der Waals surface area contributed by atoms with Gasteiger partial charge in [-0.15, -0.1) is 0 Å². The topological polar surface area (TPSA) is 59.8 Å². The van der Waals surface area contributed by atoms with Crippen LogP contribution in [0.15, 0.2) is 18.2 Å². The second-order valence-corrected chi connectivity index (χ2v) is 5.03. The molecule has 5 heteroatoms. The Morgan fingerprint density at radius 2 is 2.10 bits per heavy atom. The van der Waals surface area contributed by atoms with Gasteiger partial charge in [0.2, 0.25) is 0 Å². The predicted octanol–water partition coefficient (Wildman–Crippen LogP) is 0.742. The lowest BCUT2D eigenvalue weighted by molar-refractivity contribution is 0.0385. The summed E-state index contributed by atoms with van der Waals surface area (Å²) in [7, 11) is 1.64. The normalized spacial score (nSPS) is 16.2. The van der Waals surface area contributed by atoms with Crippen molar-refractivity contribution in [2.24, 2.45) is 0 Å². The standard InChI is InChI=1S/C15H25N3O2/c1-19-15-3-2-13(12-14(15)16)4-5-17-6-7-18-8-10-20-11-9-18/h2-3,12,17H,4-11,16H2,1H3. The molecule has 1 saturated heterocycles. The number of nitrogens with one attached hydrogen (secondary N) is 1. The van der Waals surface area contributed by atoms with Crippen molar-refractivity contribution < 1.29 is 9.47 Å². The number of rotatable bonds is 7. The van der Waals surface area contributed by atoms with E-state index >= 15 is 0 Å². The van der Waals surface area contributed by atoms with Gasteiger partial charge in [0.25, 0.3) is 0 Å². The van der Waals surface area contributed by atoms with Crippen molar-refractivity contribution in [3.8, 4) is 5.75 Å². The van der Waals surface area contributed by atoms with Crippen molar-refractivity contribution in [1.82, 2.24) is 10.2 Å². The summed E-state index contributed by atoms with van der Waals surface area (Å²) in [5.74, 6) is 0.744. The highest BCUT2D eigenvalue weighted by atomic mass is 16.5. The van der Waals surface area contributed by atoms with Crippen LogP contribution in [0.3, 0.4) is 0 Å². The zero-order valence-corrected chi connectivity index (χ0v) is 12.2. The van der Waals surface area contributed by atoms with Crippen molar-refractivity contribution in [1.29, 1.82) is 0 Å². The first-order valence-electron chi connectivity index (χ1n) is 7.23. The lowest BCUT2D eigenvalue weighted by Crippen LogP contribution is -2.40. The van der Waals surface area contributed by atoms with Crippen LogP contribution in [0.1, 0.15) is 5.56 Å². The third-order valence-corrected chi connectivity index (χ3v) is 3.59. The van der Waals surface area contributed by atoms with Crippen molar-refractivity contribution >= 4 is 5.69 Å². The molecule has 0 amide bonds. The molecule has 1 heterocycles. The number of ether oxygens (including phenoxy) is 2. The predicted molar refractivity (Wildman–Crippen MR) is 81.2 cm³/mol. The number of hydrogen-bond donors (Lipinski definition) is 2. The Hall–Kier alpha value is -1.30. The number of anilines is 1. The first-order chi connectivity index (χ1) is 9.79. The first kappa shape index (κ1) is 15.1. The average Bonchev–Trinajstić information content (AvgIpc) is 2.48. The molecule has 3 N–H and O–H groups in total. The Labute approximate surface area is 121 Å². The second-order valence-electron chi connectivity index (χ2n) is 5.03. The van der Waals surface area contributed by atoms with E-state index in [1.807, 2.05) is 12.1 Å². The van der Waals surface area contributed by atoms with Crippen LogP contribution >= 0.6 is 0 Å². The molecule has 0 bridgehead atoms. The zero-order chi connectivity index (χ0) is 14.2. The Morgan fingerprint density at radius 1 is 1.30 bits per heavy atom. The summed E-state index contributed by atoms with van der Waals surface area (Å²) in [6.07, 6.45) is 0.983. The van der Waals surface area contributed by atoms with E-state index in [-0.39, 0.29) is 0 Å². The summed E-state index contributed by atoms with van der Waals surface area (Å²) in [5.41, 5.74) is 7.84. The Balaban J connectivity index is 1.61. The van der Waals surface area contributed by atoms with Crippen LogP contribution in [-0.4, -0.2) is 57.9 Å². The van der Waals surface area contributed by atoms with E-state index in [2.05, 4.69) is 16.3 Å². The molecule has 0 saturated carbocycles. The van der Waals surface area contributed by atoms with Crippen LogP contribution < -0.4 is 15.8 Å². The highest BCUT2D eigenvalue weighted by Gasteiger charge is 2.08. The molecular formula is C15H25N3O2. The summed E-state index contributed by atoms with van der Waals surface area (Å²) in [6, 6.07) is 5.99. The van der Waals surface area contributed by atoms with E-state index in [1.54, 1.807) is 7.11 Å². The molecule has 1 aromatic carbocycles. The van der Waals surface area contributed by atoms with Gasteiger partial charge in [0, 0.05) is 26.2 Å². The molecule has 0 aromatic heterocycles. The maximum Gasteiger partial charge on any atom is 0.141 e. The minimum absolute atomic E-state index is 0.707. The first-order valence-corrected chi connectivity index (χ1v) is 7.23. The fourth-order valence-corrected chi connectivity index (χ4v) is 2.36. The van der Waals surface area contributed by atoms with E-state index in [0.717, 1.165) is 58.1 Å². The van der Waals surface area contributed by atoms with E-state index in [4.69, 9.17) is 15.2 Å². The fourth-order valence-electron chi connectivity index (χ4n) is 2.36. The maximum absolute atomic E-state index is 5.90. The minimum atomic E-state index is 0.707. The molecule has 20 heavy (non-hydrogen) atoms. The molecule has 112 valence electrons. The third kappa shape index (κ3) is 4.67. The van der Waals surface area contributed by atoms with E-state index in [0.29, 0.717) is 5.69 Å². The van der Waals surface area contributed by atoms with Crippen molar-refractivity contribution in [3.05, 3.63) is 23.8 Å². The molecule has 0 aliphatic carbocycles. The van der Waals surface area contributed by atoms with E-state index in [1.165, 1.54) is 5.56 Å². The third-order valence-electron chi connectivity index (χ3n) is 3.59. The van der Waals surface area contributed by atoms with Gasteiger partial charge in [0.05, 0.1) is 26.0 Å². The monoisotopic (exact) mass is 279 g/mol. The number of nitrogens with two attached hydrogens (primary N) is 1. The van der Waals surface area contributed by atoms with Crippen LogP contribution in [0.4, 0.5) is 5.69 Å². The molecule has 1 aliphatic heterocycles. The quantitative estimate of drug-likeness (QED) is 0.569. The molecule has 5 nitrogen and oxygen atoms in total. The van der Waals surface area contributed by atoms with Gasteiger partial charge >= 0.3 is 0 Å². The molecular weight excluding hydrogens is 254 g/mol. The second kappa shape index (κ2) is 8.09. The molecule has 1 aromatic rings. The number of hydrogen-bond acceptors (Lipinski definition) is 5. The molecule has 0 radical (unpaired) electrons. The zero-order valence-electron chi connectivity index (χ0n) is 12.2. The van der Waals surface area contributed by atoms with Gasteiger partial charge in [-0.1, -0.05) is 6.07 Å². The highest BCUT2D eigenvalue weighted by Crippen LogP contribution is 2.21. The molecule has 0 unspecified atom stereocenters. The van der Waals surface area contributed by atoms with Gasteiger partial charge < -0.3 is 20.5 Å². The molecule has 2 rings (SSSR count). The molecule has 0 atom stereocenters. The Morgan fingerprint density at radius 3 is 2.80 bits per heavy atom. The van der Waals surface area contributed by atoms with Crippen LogP contribution in [0.5, 0.6) is 5.75 Å². The van der Waals surface area contributed by atoms with Crippen LogP contribution in [0.25, 0.3) is 0 Å². The highest BCUT2D eigenvalue weighted by molar-refractivity contribution is 5.54. The molecule has 1 aliphatic rings. The fraction of sp³-hybridized carbons (Fsp3) is 0.600. The lowest BCUT2D eigenvalue weighted by atomic mass is 10.1.